The zero-order valence-corrected chi connectivity index (χ0v) is 13.2. The summed E-state index contributed by atoms with van der Waals surface area (Å²) < 4.78 is 4.88. The standard InChI is InChI=1S/C18H17N3O3/c1-2-24-17(22)10-12-6-7-16(15(20)9-12)21-18(23)14-5-3-4-13(8-14)11-19/h3-9H,2,10,20H2,1H3,(H,21,23). The largest absolute Gasteiger partial charge is 0.466 e. The molecule has 2 rings (SSSR count). The maximum atomic E-state index is 12.2. The highest BCUT2D eigenvalue weighted by Crippen LogP contribution is 2.21. The number of carbonyl (C=O) groups is 2. The van der Waals surface area contributed by atoms with E-state index < -0.39 is 0 Å². The van der Waals surface area contributed by atoms with Gasteiger partial charge in [-0.05, 0) is 42.8 Å². The second kappa shape index (κ2) is 7.79. The highest BCUT2D eigenvalue weighted by atomic mass is 16.5. The molecule has 0 aliphatic carbocycles. The summed E-state index contributed by atoms with van der Waals surface area (Å²) in [6, 6.07) is 13.3. The predicted octanol–water partition coefficient (Wildman–Crippen LogP) is 2.50. The van der Waals surface area contributed by atoms with Crippen molar-refractivity contribution in [2.75, 3.05) is 17.7 Å². The molecular weight excluding hydrogens is 306 g/mol. The molecule has 0 saturated carbocycles. The molecule has 0 bridgehead atoms. The molecule has 2 aromatic carbocycles. The smallest absolute Gasteiger partial charge is 0.310 e. The van der Waals surface area contributed by atoms with Crippen LogP contribution in [0.5, 0.6) is 0 Å². The van der Waals surface area contributed by atoms with Crippen LogP contribution in [-0.2, 0) is 16.0 Å². The van der Waals surface area contributed by atoms with Crippen molar-refractivity contribution >= 4 is 23.3 Å². The van der Waals surface area contributed by atoms with Crippen LogP contribution in [0.4, 0.5) is 11.4 Å². The van der Waals surface area contributed by atoms with Crippen molar-refractivity contribution in [3.8, 4) is 6.07 Å². The van der Waals surface area contributed by atoms with Crippen molar-refractivity contribution in [1.29, 1.82) is 5.26 Å². The molecule has 0 aliphatic rings. The van der Waals surface area contributed by atoms with Crippen molar-refractivity contribution in [3.05, 3.63) is 59.2 Å². The Kier molecular flexibility index (Phi) is 5.53. The first-order valence-electron chi connectivity index (χ1n) is 7.39. The molecule has 0 aliphatic heterocycles. The molecule has 0 atom stereocenters. The summed E-state index contributed by atoms with van der Waals surface area (Å²) >= 11 is 0. The molecule has 0 saturated heterocycles. The Morgan fingerprint density at radius 3 is 2.71 bits per heavy atom. The molecule has 0 spiro atoms. The van der Waals surface area contributed by atoms with Gasteiger partial charge in [0.2, 0.25) is 0 Å². The molecule has 122 valence electrons. The van der Waals surface area contributed by atoms with E-state index in [9.17, 15) is 9.59 Å². The van der Waals surface area contributed by atoms with Crippen LogP contribution in [-0.4, -0.2) is 18.5 Å². The Bertz CT molecular complexity index is 809. The van der Waals surface area contributed by atoms with Crippen LogP contribution in [0.15, 0.2) is 42.5 Å². The fourth-order valence-corrected chi connectivity index (χ4v) is 2.14. The molecule has 1 amide bonds. The average molecular weight is 323 g/mol. The van der Waals surface area contributed by atoms with Crippen molar-refractivity contribution < 1.29 is 14.3 Å². The molecule has 2 aromatic rings. The number of anilines is 2. The van der Waals surface area contributed by atoms with E-state index in [1.165, 1.54) is 6.07 Å². The maximum absolute atomic E-state index is 12.2. The van der Waals surface area contributed by atoms with Gasteiger partial charge in [-0.2, -0.15) is 5.26 Å². The van der Waals surface area contributed by atoms with E-state index in [0.29, 0.717) is 34.7 Å². The van der Waals surface area contributed by atoms with Gasteiger partial charge in [-0.25, -0.2) is 0 Å². The zero-order chi connectivity index (χ0) is 17.5. The van der Waals surface area contributed by atoms with Crippen LogP contribution < -0.4 is 11.1 Å². The molecular formula is C18H17N3O3. The molecule has 24 heavy (non-hydrogen) atoms. The van der Waals surface area contributed by atoms with Crippen molar-refractivity contribution in [3.63, 3.8) is 0 Å². The minimum atomic E-state index is -0.364. The normalized spacial score (nSPS) is 9.83. The van der Waals surface area contributed by atoms with Gasteiger partial charge in [-0.1, -0.05) is 12.1 Å². The van der Waals surface area contributed by atoms with E-state index in [1.807, 2.05) is 6.07 Å². The topological polar surface area (TPSA) is 105 Å². The number of nitrogen functional groups attached to an aromatic ring is 1. The lowest BCUT2D eigenvalue weighted by Gasteiger charge is -2.10. The van der Waals surface area contributed by atoms with Crippen molar-refractivity contribution in [2.45, 2.75) is 13.3 Å². The summed E-state index contributed by atoms with van der Waals surface area (Å²) in [5.41, 5.74) is 8.19. The van der Waals surface area contributed by atoms with E-state index in [2.05, 4.69) is 5.32 Å². The van der Waals surface area contributed by atoms with Gasteiger partial charge in [-0.15, -0.1) is 0 Å². The number of benzene rings is 2. The SMILES string of the molecule is CCOC(=O)Cc1ccc(NC(=O)c2cccc(C#N)c2)c(N)c1. The Labute approximate surface area is 139 Å². The van der Waals surface area contributed by atoms with Gasteiger partial charge in [-0.3, -0.25) is 9.59 Å². The molecule has 0 aromatic heterocycles. The molecule has 3 N–H and O–H groups in total. The fraction of sp³-hybridized carbons (Fsp3) is 0.167. The number of nitrogens with zero attached hydrogens (tertiary/aromatic N) is 1. The highest BCUT2D eigenvalue weighted by molar-refractivity contribution is 6.06. The minimum Gasteiger partial charge on any atom is -0.466 e. The summed E-state index contributed by atoms with van der Waals surface area (Å²) in [6.07, 6.45) is 0.122. The number of esters is 1. The minimum absolute atomic E-state index is 0.122. The van der Waals surface area contributed by atoms with E-state index >= 15 is 0 Å². The van der Waals surface area contributed by atoms with Gasteiger partial charge in [0.05, 0.1) is 36.0 Å². The van der Waals surface area contributed by atoms with E-state index in [0.717, 1.165) is 0 Å². The maximum Gasteiger partial charge on any atom is 0.310 e. The van der Waals surface area contributed by atoms with Gasteiger partial charge in [0.25, 0.3) is 5.91 Å². The lowest BCUT2D eigenvalue weighted by molar-refractivity contribution is -0.142. The van der Waals surface area contributed by atoms with Crippen LogP contribution in [0.2, 0.25) is 0 Å². The molecule has 6 nitrogen and oxygen atoms in total. The molecule has 0 fully saturated rings. The number of nitriles is 1. The van der Waals surface area contributed by atoms with Crippen molar-refractivity contribution in [2.24, 2.45) is 0 Å². The summed E-state index contributed by atoms with van der Waals surface area (Å²) in [6.45, 7) is 2.07. The second-order valence-corrected chi connectivity index (χ2v) is 5.05. The zero-order valence-electron chi connectivity index (χ0n) is 13.2. The number of hydrogen-bond donors (Lipinski definition) is 2. The number of carbonyl (C=O) groups excluding carboxylic acids is 2. The summed E-state index contributed by atoms with van der Waals surface area (Å²) in [5.74, 6) is -0.695. The van der Waals surface area contributed by atoms with Gasteiger partial charge in [0.15, 0.2) is 0 Å². The molecule has 0 radical (unpaired) electrons. The molecule has 6 heteroatoms. The lowest BCUT2D eigenvalue weighted by atomic mass is 10.1. The molecule has 0 unspecified atom stereocenters. The van der Waals surface area contributed by atoms with Crippen LogP contribution in [0.25, 0.3) is 0 Å². The van der Waals surface area contributed by atoms with Crippen molar-refractivity contribution in [1.82, 2.24) is 0 Å². The van der Waals surface area contributed by atoms with Crippen LogP contribution in [0, 0.1) is 11.3 Å². The second-order valence-electron chi connectivity index (χ2n) is 5.05. The van der Waals surface area contributed by atoms with Crippen LogP contribution in [0.1, 0.15) is 28.4 Å². The monoisotopic (exact) mass is 323 g/mol. The lowest BCUT2D eigenvalue weighted by Crippen LogP contribution is -2.14. The number of rotatable bonds is 5. The molecule has 0 heterocycles. The third-order valence-electron chi connectivity index (χ3n) is 3.27. The number of hydrogen-bond acceptors (Lipinski definition) is 5. The predicted molar refractivity (Wildman–Crippen MR) is 90.3 cm³/mol. The first-order valence-corrected chi connectivity index (χ1v) is 7.39. The number of amides is 1. The Morgan fingerprint density at radius 2 is 2.04 bits per heavy atom. The van der Waals surface area contributed by atoms with Crippen LogP contribution >= 0.6 is 0 Å². The summed E-state index contributed by atoms with van der Waals surface area (Å²) in [5, 5.41) is 11.6. The quantitative estimate of drug-likeness (QED) is 0.649. The highest BCUT2D eigenvalue weighted by Gasteiger charge is 2.11. The van der Waals surface area contributed by atoms with E-state index in [-0.39, 0.29) is 18.3 Å². The van der Waals surface area contributed by atoms with Gasteiger partial charge in [0, 0.05) is 5.56 Å². The number of nitrogens with one attached hydrogen (secondary N) is 1. The van der Waals surface area contributed by atoms with Gasteiger partial charge < -0.3 is 15.8 Å². The Balaban J connectivity index is 2.11. The average Bonchev–Trinajstić information content (AvgIpc) is 2.57. The number of ether oxygens (including phenoxy) is 1. The first kappa shape index (κ1) is 17.0. The Hall–Kier alpha value is -3.33. The third kappa shape index (κ3) is 4.34. The number of nitrogens with two attached hydrogens (primary N) is 1. The summed E-state index contributed by atoms with van der Waals surface area (Å²) in [4.78, 5) is 23.7. The van der Waals surface area contributed by atoms with E-state index in [1.54, 1.807) is 43.3 Å². The third-order valence-corrected chi connectivity index (χ3v) is 3.27. The fourth-order valence-electron chi connectivity index (χ4n) is 2.14. The van der Waals surface area contributed by atoms with Gasteiger partial charge in [0.1, 0.15) is 0 Å². The first-order chi connectivity index (χ1) is 11.5. The Morgan fingerprint density at radius 1 is 1.25 bits per heavy atom. The van der Waals surface area contributed by atoms with Gasteiger partial charge >= 0.3 is 5.97 Å². The van der Waals surface area contributed by atoms with Crippen LogP contribution in [0.3, 0.4) is 0 Å². The van der Waals surface area contributed by atoms with E-state index in [4.69, 9.17) is 15.7 Å². The summed E-state index contributed by atoms with van der Waals surface area (Å²) in [7, 11) is 0.